The highest BCUT2D eigenvalue weighted by molar-refractivity contribution is 7.20. The molecule has 2 heterocycles. The SMILES string of the molecule is Cn1cc2nc(C(=O)O)sc2c1. The zero-order valence-corrected chi connectivity index (χ0v) is 7.13. The smallest absolute Gasteiger partial charge is 0.365 e. The number of nitrogens with zero attached hydrogens (tertiary/aromatic N) is 2. The van der Waals surface area contributed by atoms with Crippen molar-refractivity contribution in [3.63, 3.8) is 0 Å². The third kappa shape index (κ3) is 0.984. The topological polar surface area (TPSA) is 55.1 Å². The molecule has 0 fully saturated rings. The summed E-state index contributed by atoms with van der Waals surface area (Å²) in [6, 6.07) is 0. The zero-order chi connectivity index (χ0) is 8.72. The molecule has 0 saturated heterocycles. The van der Waals surface area contributed by atoms with Crippen LogP contribution >= 0.6 is 11.3 Å². The molecule has 4 nitrogen and oxygen atoms in total. The van der Waals surface area contributed by atoms with E-state index in [9.17, 15) is 4.79 Å². The van der Waals surface area contributed by atoms with Crippen LogP contribution in [-0.2, 0) is 7.05 Å². The Morgan fingerprint density at radius 1 is 1.67 bits per heavy atom. The lowest BCUT2D eigenvalue weighted by Crippen LogP contribution is -1.93. The standard InChI is InChI=1S/C7H6N2O2S/c1-9-2-4-5(3-9)12-6(8-4)7(10)11/h2-3H,1H3,(H,10,11). The fourth-order valence-corrected chi connectivity index (χ4v) is 1.90. The third-order valence-electron chi connectivity index (χ3n) is 1.51. The van der Waals surface area contributed by atoms with E-state index >= 15 is 0 Å². The van der Waals surface area contributed by atoms with Crippen LogP contribution in [0.25, 0.3) is 10.2 Å². The number of hydrogen-bond donors (Lipinski definition) is 1. The van der Waals surface area contributed by atoms with E-state index in [1.54, 1.807) is 6.20 Å². The van der Waals surface area contributed by atoms with Crippen molar-refractivity contribution in [1.29, 1.82) is 0 Å². The van der Waals surface area contributed by atoms with Crippen molar-refractivity contribution in [1.82, 2.24) is 9.55 Å². The molecule has 2 rings (SSSR count). The number of fused-ring (bicyclic) bond motifs is 1. The second-order valence-corrected chi connectivity index (χ2v) is 3.53. The highest BCUT2D eigenvalue weighted by Crippen LogP contribution is 2.22. The van der Waals surface area contributed by atoms with Gasteiger partial charge in [-0.3, -0.25) is 0 Å². The molecule has 0 spiro atoms. The van der Waals surface area contributed by atoms with E-state index < -0.39 is 5.97 Å². The van der Waals surface area contributed by atoms with Crippen LogP contribution in [0.3, 0.4) is 0 Å². The molecular formula is C7H6N2O2S. The minimum atomic E-state index is -0.959. The van der Waals surface area contributed by atoms with Gasteiger partial charge in [-0.2, -0.15) is 0 Å². The Kier molecular flexibility index (Phi) is 1.41. The van der Waals surface area contributed by atoms with Gasteiger partial charge in [0.25, 0.3) is 0 Å². The number of aromatic nitrogens is 2. The number of carbonyl (C=O) groups is 1. The molecule has 0 bridgehead atoms. The van der Waals surface area contributed by atoms with Crippen LogP contribution in [0.5, 0.6) is 0 Å². The lowest BCUT2D eigenvalue weighted by Gasteiger charge is -1.84. The number of rotatable bonds is 1. The van der Waals surface area contributed by atoms with E-state index in [-0.39, 0.29) is 5.01 Å². The second kappa shape index (κ2) is 2.31. The van der Waals surface area contributed by atoms with Gasteiger partial charge in [-0.25, -0.2) is 9.78 Å². The number of hydrogen-bond acceptors (Lipinski definition) is 3. The van der Waals surface area contributed by atoms with E-state index in [1.807, 2.05) is 17.8 Å². The Morgan fingerprint density at radius 3 is 3.00 bits per heavy atom. The largest absolute Gasteiger partial charge is 0.476 e. The first-order valence-electron chi connectivity index (χ1n) is 3.32. The van der Waals surface area contributed by atoms with E-state index in [0.717, 1.165) is 10.2 Å². The summed E-state index contributed by atoms with van der Waals surface area (Å²) in [7, 11) is 1.88. The molecule has 0 aliphatic heterocycles. The molecule has 1 N–H and O–H groups in total. The van der Waals surface area contributed by atoms with Gasteiger partial charge in [0.05, 0.1) is 10.2 Å². The average Bonchev–Trinajstić information content (AvgIpc) is 2.42. The summed E-state index contributed by atoms with van der Waals surface area (Å²) in [4.78, 5) is 14.4. The van der Waals surface area contributed by atoms with Crippen LogP contribution in [0.2, 0.25) is 0 Å². The number of aromatic carboxylic acids is 1. The molecule has 0 radical (unpaired) electrons. The normalized spacial score (nSPS) is 10.8. The molecule has 62 valence electrons. The van der Waals surface area contributed by atoms with Gasteiger partial charge in [-0.1, -0.05) is 0 Å². The number of aryl methyl sites for hydroxylation is 1. The van der Waals surface area contributed by atoms with Gasteiger partial charge in [0.15, 0.2) is 0 Å². The van der Waals surface area contributed by atoms with Crippen molar-refractivity contribution in [2.75, 3.05) is 0 Å². The van der Waals surface area contributed by atoms with Crippen molar-refractivity contribution >= 4 is 27.5 Å². The quantitative estimate of drug-likeness (QED) is 0.723. The van der Waals surface area contributed by atoms with Gasteiger partial charge < -0.3 is 9.67 Å². The molecule has 0 aromatic carbocycles. The fraction of sp³-hybridized carbons (Fsp3) is 0.143. The summed E-state index contributed by atoms with van der Waals surface area (Å²) in [5, 5.41) is 8.77. The fourth-order valence-electron chi connectivity index (χ4n) is 1.04. The van der Waals surface area contributed by atoms with Crippen molar-refractivity contribution in [3.8, 4) is 0 Å². The van der Waals surface area contributed by atoms with E-state index in [1.165, 1.54) is 11.3 Å². The summed E-state index contributed by atoms with van der Waals surface area (Å²) in [6.07, 6.45) is 3.66. The minimum Gasteiger partial charge on any atom is -0.476 e. The van der Waals surface area contributed by atoms with Crippen LogP contribution in [0.4, 0.5) is 0 Å². The first-order valence-corrected chi connectivity index (χ1v) is 4.14. The summed E-state index contributed by atoms with van der Waals surface area (Å²) >= 11 is 1.19. The molecule has 0 saturated carbocycles. The third-order valence-corrected chi connectivity index (χ3v) is 2.50. The Balaban J connectivity index is 2.64. The molecule has 0 aliphatic carbocycles. The summed E-state index contributed by atoms with van der Waals surface area (Å²) in [6.45, 7) is 0. The van der Waals surface area contributed by atoms with Crippen LogP contribution in [0.15, 0.2) is 12.4 Å². The number of carboxylic acids is 1. The van der Waals surface area contributed by atoms with E-state index in [0.29, 0.717) is 0 Å². The van der Waals surface area contributed by atoms with Crippen molar-refractivity contribution in [2.24, 2.45) is 7.05 Å². The van der Waals surface area contributed by atoms with Crippen LogP contribution in [0, 0.1) is 0 Å². The summed E-state index contributed by atoms with van der Waals surface area (Å²) in [5.74, 6) is -0.959. The lowest BCUT2D eigenvalue weighted by molar-refractivity contribution is 0.0696. The molecule has 12 heavy (non-hydrogen) atoms. The van der Waals surface area contributed by atoms with Crippen LogP contribution < -0.4 is 0 Å². The van der Waals surface area contributed by atoms with Crippen molar-refractivity contribution in [3.05, 3.63) is 17.4 Å². The minimum absolute atomic E-state index is 0.153. The van der Waals surface area contributed by atoms with Gasteiger partial charge in [-0.15, -0.1) is 11.3 Å². The van der Waals surface area contributed by atoms with Crippen LogP contribution in [0.1, 0.15) is 9.80 Å². The number of thiazole rings is 1. The first kappa shape index (κ1) is 7.30. The van der Waals surface area contributed by atoms with E-state index in [4.69, 9.17) is 5.11 Å². The predicted molar refractivity (Wildman–Crippen MR) is 45.6 cm³/mol. The van der Waals surface area contributed by atoms with Crippen molar-refractivity contribution < 1.29 is 9.90 Å². The molecule has 0 atom stereocenters. The number of carboxylic acid groups (broad SMARTS) is 1. The second-order valence-electron chi connectivity index (χ2n) is 2.50. The Morgan fingerprint density at radius 2 is 2.42 bits per heavy atom. The van der Waals surface area contributed by atoms with Crippen molar-refractivity contribution in [2.45, 2.75) is 0 Å². The predicted octanol–water partition coefficient (Wildman–Crippen LogP) is 1.33. The van der Waals surface area contributed by atoms with E-state index in [2.05, 4.69) is 4.98 Å². The maximum absolute atomic E-state index is 10.5. The lowest BCUT2D eigenvalue weighted by atomic mass is 10.6. The van der Waals surface area contributed by atoms with Crippen LogP contribution in [-0.4, -0.2) is 20.6 Å². The highest BCUT2D eigenvalue weighted by atomic mass is 32.1. The van der Waals surface area contributed by atoms with Gasteiger partial charge >= 0.3 is 5.97 Å². The maximum Gasteiger partial charge on any atom is 0.365 e. The van der Waals surface area contributed by atoms with Gasteiger partial charge in [-0.05, 0) is 0 Å². The first-order chi connectivity index (χ1) is 5.66. The highest BCUT2D eigenvalue weighted by Gasteiger charge is 2.10. The molecule has 2 aromatic heterocycles. The van der Waals surface area contributed by atoms with Gasteiger partial charge in [0, 0.05) is 19.4 Å². The molecule has 5 heteroatoms. The molecule has 0 unspecified atom stereocenters. The molecule has 0 aliphatic rings. The molecule has 0 amide bonds. The van der Waals surface area contributed by atoms with Gasteiger partial charge in [0.2, 0.25) is 5.01 Å². The summed E-state index contributed by atoms with van der Waals surface area (Å²) < 4.78 is 2.77. The maximum atomic E-state index is 10.5. The monoisotopic (exact) mass is 182 g/mol. The average molecular weight is 182 g/mol. The molecule has 2 aromatic rings. The van der Waals surface area contributed by atoms with Gasteiger partial charge in [0.1, 0.15) is 0 Å². The summed E-state index contributed by atoms with van der Waals surface area (Å²) in [5.41, 5.74) is 0.750. The zero-order valence-electron chi connectivity index (χ0n) is 6.31. The Labute approximate surface area is 72.1 Å². The Bertz CT molecular complexity index is 412. The Hall–Kier alpha value is -1.36. The molecular weight excluding hydrogens is 176 g/mol.